The first kappa shape index (κ1) is 16.9. The average Bonchev–Trinajstić information content (AvgIpc) is 2.99. The lowest BCUT2D eigenvalue weighted by Crippen LogP contribution is -2.40. The van der Waals surface area contributed by atoms with Gasteiger partial charge in [-0.3, -0.25) is 4.79 Å². The Kier molecular flexibility index (Phi) is 5.28. The van der Waals surface area contributed by atoms with Crippen molar-refractivity contribution in [1.82, 2.24) is 20.2 Å². The molecule has 0 spiro atoms. The number of rotatable bonds is 6. The van der Waals surface area contributed by atoms with E-state index in [0.29, 0.717) is 22.9 Å². The van der Waals surface area contributed by atoms with E-state index in [1.807, 2.05) is 13.8 Å². The molecule has 0 radical (unpaired) electrons. The van der Waals surface area contributed by atoms with Crippen LogP contribution in [0, 0.1) is 12.8 Å². The van der Waals surface area contributed by atoms with Gasteiger partial charge in [-0.25, -0.2) is 0 Å². The van der Waals surface area contributed by atoms with E-state index < -0.39 is 6.04 Å². The van der Waals surface area contributed by atoms with Gasteiger partial charge in [-0.1, -0.05) is 20.3 Å². The van der Waals surface area contributed by atoms with E-state index in [1.54, 1.807) is 36.9 Å². The summed E-state index contributed by atoms with van der Waals surface area (Å²) >= 11 is 0. The van der Waals surface area contributed by atoms with Gasteiger partial charge in [0.25, 0.3) is 0 Å². The number of methoxy groups -OCH3 is 1. The summed E-state index contributed by atoms with van der Waals surface area (Å²) < 4.78 is 6.88. The lowest BCUT2D eigenvalue weighted by atomic mass is 9.99. The van der Waals surface area contributed by atoms with E-state index in [4.69, 9.17) is 10.5 Å². The van der Waals surface area contributed by atoms with Crippen LogP contribution in [0.15, 0.2) is 18.2 Å². The van der Waals surface area contributed by atoms with Crippen molar-refractivity contribution >= 4 is 11.6 Å². The van der Waals surface area contributed by atoms with Crippen LogP contribution in [0.2, 0.25) is 0 Å². The van der Waals surface area contributed by atoms with Crippen LogP contribution in [0.5, 0.6) is 5.75 Å². The molecule has 23 heavy (non-hydrogen) atoms. The summed E-state index contributed by atoms with van der Waals surface area (Å²) in [4.78, 5) is 12.2. The van der Waals surface area contributed by atoms with Crippen molar-refractivity contribution in [2.24, 2.45) is 11.7 Å². The third-order valence-electron chi connectivity index (χ3n) is 3.86. The predicted molar refractivity (Wildman–Crippen MR) is 86.5 cm³/mol. The number of aromatic nitrogens is 4. The summed E-state index contributed by atoms with van der Waals surface area (Å²) in [6.45, 7) is 5.74. The van der Waals surface area contributed by atoms with Crippen LogP contribution >= 0.6 is 0 Å². The number of tetrazole rings is 1. The Morgan fingerprint density at radius 2 is 2.22 bits per heavy atom. The Bertz CT molecular complexity index is 684. The smallest absolute Gasteiger partial charge is 0.241 e. The fraction of sp³-hybridized carbons (Fsp3) is 0.467. The molecule has 0 saturated heterocycles. The summed E-state index contributed by atoms with van der Waals surface area (Å²) in [5.74, 6) is 1.10. The summed E-state index contributed by atoms with van der Waals surface area (Å²) in [6.07, 6.45) is 0.840. The SMILES string of the molecule is CCC(C)C(N)C(=O)Nc1ccc(OC)c(-n2nnnc2C)c1. The van der Waals surface area contributed by atoms with Crippen molar-refractivity contribution in [2.75, 3.05) is 12.4 Å². The Labute approximate surface area is 135 Å². The number of anilines is 1. The van der Waals surface area contributed by atoms with Crippen LogP contribution in [-0.2, 0) is 4.79 Å². The second-order valence-electron chi connectivity index (χ2n) is 5.43. The molecule has 8 nitrogen and oxygen atoms in total. The molecular formula is C15H22N6O2. The van der Waals surface area contributed by atoms with E-state index in [-0.39, 0.29) is 11.8 Å². The molecule has 1 aromatic heterocycles. The lowest BCUT2D eigenvalue weighted by Gasteiger charge is -2.18. The molecule has 2 rings (SSSR count). The van der Waals surface area contributed by atoms with E-state index in [9.17, 15) is 4.79 Å². The zero-order valence-electron chi connectivity index (χ0n) is 13.8. The van der Waals surface area contributed by atoms with Crippen LogP contribution in [0.1, 0.15) is 26.1 Å². The zero-order chi connectivity index (χ0) is 17.0. The Morgan fingerprint density at radius 3 is 2.78 bits per heavy atom. The van der Waals surface area contributed by atoms with Gasteiger partial charge < -0.3 is 15.8 Å². The molecule has 1 amide bonds. The number of ether oxygens (including phenoxy) is 1. The molecule has 0 aliphatic rings. The summed E-state index contributed by atoms with van der Waals surface area (Å²) in [6, 6.07) is 4.70. The van der Waals surface area contributed by atoms with Crippen molar-refractivity contribution < 1.29 is 9.53 Å². The van der Waals surface area contributed by atoms with Crippen molar-refractivity contribution in [3.05, 3.63) is 24.0 Å². The highest BCUT2D eigenvalue weighted by Crippen LogP contribution is 2.26. The maximum absolute atomic E-state index is 12.2. The molecule has 0 aliphatic carbocycles. The third-order valence-corrected chi connectivity index (χ3v) is 3.86. The molecule has 0 saturated carbocycles. The lowest BCUT2D eigenvalue weighted by molar-refractivity contribution is -0.118. The summed E-state index contributed by atoms with van der Waals surface area (Å²) in [7, 11) is 1.57. The second-order valence-corrected chi connectivity index (χ2v) is 5.43. The Morgan fingerprint density at radius 1 is 1.48 bits per heavy atom. The number of nitrogens with one attached hydrogen (secondary N) is 1. The summed E-state index contributed by atoms with van der Waals surface area (Å²) in [5, 5.41) is 14.2. The third kappa shape index (κ3) is 3.65. The fourth-order valence-corrected chi connectivity index (χ4v) is 2.13. The minimum Gasteiger partial charge on any atom is -0.494 e. The van der Waals surface area contributed by atoms with Crippen molar-refractivity contribution in [3.63, 3.8) is 0 Å². The molecule has 3 N–H and O–H groups in total. The van der Waals surface area contributed by atoms with Gasteiger partial charge in [0.05, 0.1) is 13.2 Å². The van der Waals surface area contributed by atoms with Crippen molar-refractivity contribution in [3.8, 4) is 11.4 Å². The molecule has 0 aliphatic heterocycles. The first-order valence-electron chi connectivity index (χ1n) is 7.47. The van der Waals surface area contributed by atoms with Crippen LogP contribution in [0.25, 0.3) is 5.69 Å². The molecule has 2 unspecified atom stereocenters. The van der Waals surface area contributed by atoms with Crippen LogP contribution < -0.4 is 15.8 Å². The highest BCUT2D eigenvalue weighted by Gasteiger charge is 2.20. The molecule has 8 heteroatoms. The maximum atomic E-state index is 12.2. The highest BCUT2D eigenvalue weighted by atomic mass is 16.5. The van der Waals surface area contributed by atoms with E-state index in [1.165, 1.54) is 0 Å². The highest BCUT2D eigenvalue weighted by molar-refractivity contribution is 5.95. The standard InChI is InChI=1S/C15H22N6O2/c1-5-9(2)14(16)15(22)17-11-6-7-13(23-4)12(8-11)21-10(3)18-19-20-21/h6-9,14H,5,16H2,1-4H3,(H,17,22). The van der Waals surface area contributed by atoms with Crippen molar-refractivity contribution in [1.29, 1.82) is 0 Å². The molecule has 1 heterocycles. The van der Waals surface area contributed by atoms with E-state index in [2.05, 4.69) is 20.8 Å². The van der Waals surface area contributed by atoms with Gasteiger partial charge in [0.1, 0.15) is 11.4 Å². The molecule has 124 valence electrons. The minimum atomic E-state index is -0.555. The van der Waals surface area contributed by atoms with Gasteiger partial charge >= 0.3 is 0 Å². The first-order chi connectivity index (χ1) is 11.0. The quantitative estimate of drug-likeness (QED) is 0.831. The van der Waals surface area contributed by atoms with Gasteiger partial charge in [-0.05, 0) is 41.5 Å². The molecule has 1 aromatic carbocycles. The molecule has 0 fully saturated rings. The fourth-order valence-electron chi connectivity index (χ4n) is 2.13. The van der Waals surface area contributed by atoms with Crippen LogP contribution in [0.4, 0.5) is 5.69 Å². The number of nitrogens with two attached hydrogens (primary N) is 1. The Hall–Kier alpha value is -2.48. The van der Waals surface area contributed by atoms with Gasteiger partial charge in [-0.2, -0.15) is 4.68 Å². The van der Waals surface area contributed by atoms with Gasteiger partial charge in [0, 0.05) is 5.69 Å². The number of carbonyl (C=O) groups is 1. The monoisotopic (exact) mass is 318 g/mol. The second kappa shape index (κ2) is 7.19. The topological polar surface area (TPSA) is 108 Å². The molecule has 2 aromatic rings. The van der Waals surface area contributed by atoms with E-state index >= 15 is 0 Å². The van der Waals surface area contributed by atoms with Gasteiger partial charge in [0.15, 0.2) is 5.82 Å². The van der Waals surface area contributed by atoms with Crippen LogP contribution in [-0.4, -0.2) is 39.3 Å². The number of hydrogen-bond acceptors (Lipinski definition) is 6. The Balaban J connectivity index is 2.28. The number of amides is 1. The number of benzene rings is 1. The number of carbonyl (C=O) groups excluding carboxylic acids is 1. The predicted octanol–water partition coefficient (Wildman–Crippen LogP) is 1.29. The van der Waals surface area contributed by atoms with Gasteiger partial charge in [-0.15, -0.1) is 5.10 Å². The first-order valence-corrected chi connectivity index (χ1v) is 7.47. The summed E-state index contributed by atoms with van der Waals surface area (Å²) in [5.41, 5.74) is 7.21. The van der Waals surface area contributed by atoms with Gasteiger partial charge in [0.2, 0.25) is 5.91 Å². The normalized spacial score (nSPS) is 13.4. The molecule has 0 bridgehead atoms. The number of hydrogen-bond donors (Lipinski definition) is 2. The molecule has 2 atom stereocenters. The number of nitrogens with zero attached hydrogens (tertiary/aromatic N) is 4. The largest absolute Gasteiger partial charge is 0.494 e. The maximum Gasteiger partial charge on any atom is 0.241 e. The minimum absolute atomic E-state index is 0.106. The zero-order valence-corrected chi connectivity index (χ0v) is 13.8. The van der Waals surface area contributed by atoms with E-state index in [0.717, 1.165) is 6.42 Å². The van der Waals surface area contributed by atoms with Crippen molar-refractivity contribution in [2.45, 2.75) is 33.2 Å². The number of aryl methyl sites for hydroxylation is 1. The molecular weight excluding hydrogens is 296 g/mol. The van der Waals surface area contributed by atoms with Crippen LogP contribution in [0.3, 0.4) is 0 Å². The average molecular weight is 318 g/mol.